The number of carbonyl (C=O) groups is 1. The van der Waals surface area contributed by atoms with Crippen molar-refractivity contribution in [2.75, 3.05) is 26.4 Å². The van der Waals surface area contributed by atoms with Crippen molar-refractivity contribution in [2.24, 2.45) is 5.73 Å². The first kappa shape index (κ1) is 51.7. The number of carbonyl (C=O) groups excluding carboxylic acids is 1. The number of aliphatic hydroxyl groups is 2. The van der Waals surface area contributed by atoms with E-state index in [1.165, 1.54) is 57.8 Å². The molecule has 10 nitrogen and oxygen atoms in total. The third kappa shape index (κ3) is 38.0. The van der Waals surface area contributed by atoms with Gasteiger partial charge in [0.15, 0.2) is 6.10 Å². The van der Waals surface area contributed by atoms with Gasteiger partial charge in [0.2, 0.25) is 0 Å². The SMILES string of the molecule is CCCCCCCC/C=C\CCCCCC/C=C/OC[C@H](COP(=O)(O)OCCN)OC(=O)CCC[C@H](O)/C=C/C=C\C/C=C\C=C\[C@H](O)CCCCC. The summed E-state index contributed by atoms with van der Waals surface area (Å²) >= 11 is 0. The van der Waals surface area contributed by atoms with Crippen LogP contribution in [0.2, 0.25) is 0 Å². The Hall–Kier alpha value is -2.30. The Morgan fingerprint density at radius 1 is 0.667 bits per heavy atom. The average molecular weight is 782 g/mol. The van der Waals surface area contributed by atoms with Gasteiger partial charge >= 0.3 is 13.8 Å². The van der Waals surface area contributed by atoms with Gasteiger partial charge in [0.05, 0.1) is 31.7 Å². The molecule has 0 aromatic carbocycles. The molecule has 5 N–H and O–H groups in total. The Bertz CT molecular complexity index is 1090. The van der Waals surface area contributed by atoms with Crippen molar-refractivity contribution in [1.29, 1.82) is 0 Å². The van der Waals surface area contributed by atoms with Gasteiger partial charge in [-0.25, -0.2) is 4.57 Å². The zero-order chi connectivity index (χ0) is 39.8. The van der Waals surface area contributed by atoms with Gasteiger partial charge < -0.3 is 30.3 Å². The maximum Gasteiger partial charge on any atom is 0.472 e. The molecule has 312 valence electrons. The van der Waals surface area contributed by atoms with Crippen LogP contribution in [0.25, 0.3) is 0 Å². The Morgan fingerprint density at radius 3 is 1.80 bits per heavy atom. The summed E-state index contributed by atoms with van der Waals surface area (Å²) in [6, 6.07) is 0. The van der Waals surface area contributed by atoms with E-state index < -0.39 is 38.7 Å². The number of unbranched alkanes of at least 4 members (excludes halogenated alkanes) is 13. The highest BCUT2D eigenvalue weighted by molar-refractivity contribution is 7.47. The first-order valence-electron chi connectivity index (χ1n) is 20.7. The Morgan fingerprint density at radius 2 is 1.20 bits per heavy atom. The maximum atomic E-state index is 12.6. The number of phosphoric ester groups is 1. The molecule has 0 aromatic rings. The van der Waals surface area contributed by atoms with E-state index in [2.05, 4.69) is 26.0 Å². The van der Waals surface area contributed by atoms with Crippen molar-refractivity contribution in [3.05, 3.63) is 73.1 Å². The number of ether oxygens (including phenoxy) is 2. The van der Waals surface area contributed by atoms with Crippen LogP contribution in [-0.2, 0) is 27.9 Å². The van der Waals surface area contributed by atoms with E-state index in [9.17, 15) is 24.5 Å². The van der Waals surface area contributed by atoms with Gasteiger partial charge in [-0.1, -0.05) is 139 Å². The molecule has 4 atom stereocenters. The lowest BCUT2D eigenvalue weighted by Crippen LogP contribution is -2.28. The van der Waals surface area contributed by atoms with Crippen LogP contribution in [0.4, 0.5) is 0 Å². The van der Waals surface area contributed by atoms with E-state index in [1.54, 1.807) is 24.5 Å². The fourth-order valence-corrected chi connectivity index (χ4v) is 5.99. The third-order valence-electron chi connectivity index (χ3n) is 8.37. The van der Waals surface area contributed by atoms with Gasteiger partial charge in [0, 0.05) is 13.0 Å². The second-order valence-corrected chi connectivity index (χ2v) is 15.1. The van der Waals surface area contributed by atoms with E-state index in [4.69, 9.17) is 24.3 Å². The van der Waals surface area contributed by atoms with Crippen LogP contribution in [0.1, 0.15) is 149 Å². The van der Waals surface area contributed by atoms with E-state index >= 15 is 0 Å². The Kier molecular flexibility index (Phi) is 37.3. The molecule has 0 aliphatic rings. The van der Waals surface area contributed by atoms with E-state index in [-0.39, 0.29) is 26.2 Å². The quantitative estimate of drug-likeness (QED) is 0.0119. The van der Waals surface area contributed by atoms with Crippen molar-refractivity contribution >= 4 is 13.8 Å². The second kappa shape index (κ2) is 39.0. The highest BCUT2D eigenvalue weighted by Gasteiger charge is 2.25. The van der Waals surface area contributed by atoms with Crippen LogP contribution in [0.15, 0.2) is 73.1 Å². The summed E-state index contributed by atoms with van der Waals surface area (Å²) in [5.74, 6) is -0.533. The molecular formula is C43H76NO9P. The largest absolute Gasteiger partial charge is 0.498 e. The molecule has 11 heteroatoms. The zero-order valence-corrected chi connectivity index (χ0v) is 34.5. The molecule has 0 heterocycles. The predicted molar refractivity (Wildman–Crippen MR) is 222 cm³/mol. The first-order valence-corrected chi connectivity index (χ1v) is 22.2. The van der Waals surface area contributed by atoms with Crippen molar-refractivity contribution < 1.29 is 43.0 Å². The maximum absolute atomic E-state index is 12.6. The van der Waals surface area contributed by atoms with Crippen molar-refractivity contribution in [1.82, 2.24) is 0 Å². The topological polar surface area (TPSA) is 158 Å². The number of hydrogen-bond acceptors (Lipinski definition) is 9. The van der Waals surface area contributed by atoms with Gasteiger partial charge in [0.25, 0.3) is 0 Å². The Labute approximate surface area is 328 Å². The lowest BCUT2D eigenvalue weighted by molar-refractivity contribution is -0.153. The molecule has 54 heavy (non-hydrogen) atoms. The highest BCUT2D eigenvalue weighted by atomic mass is 31.2. The van der Waals surface area contributed by atoms with Crippen LogP contribution in [0.5, 0.6) is 0 Å². The smallest absolute Gasteiger partial charge is 0.472 e. The summed E-state index contributed by atoms with van der Waals surface area (Å²) in [6.07, 6.45) is 42.2. The first-order chi connectivity index (χ1) is 26.2. The fourth-order valence-electron chi connectivity index (χ4n) is 5.23. The summed E-state index contributed by atoms with van der Waals surface area (Å²) in [5, 5.41) is 20.1. The van der Waals surface area contributed by atoms with Gasteiger partial charge in [0.1, 0.15) is 6.61 Å². The third-order valence-corrected chi connectivity index (χ3v) is 9.35. The monoisotopic (exact) mass is 782 g/mol. The summed E-state index contributed by atoms with van der Waals surface area (Å²) in [5.41, 5.74) is 5.34. The van der Waals surface area contributed by atoms with Crippen LogP contribution in [0, 0.1) is 0 Å². The molecule has 0 aliphatic carbocycles. The summed E-state index contributed by atoms with van der Waals surface area (Å²) in [6.45, 7) is 3.83. The molecule has 0 radical (unpaired) electrons. The molecule has 0 saturated carbocycles. The minimum absolute atomic E-state index is 0.0497. The molecule has 0 amide bonds. The number of phosphoric acid groups is 1. The van der Waals surface area contributed by atoms with Gasteiger partial charge in [-0.05, 0) is 70.3 Å². The molecule has 0 fully saturated rings. The average Bonchev–Trinajstić information content (AvgIpc) is 3.15. The van der Waals surface area contributed by atoms with Crippen LogP contribution < -0.4 is 5.73 Å². The normalized spacial score (nSPS) is 15.4. The van der Waals surface area contributed by atoms with Crippen LogP contribution in [-0.4, -0.2) is 65.8 Å². The number of nitrogens with two attached hydrogens (primary N) is 1. The lowest BCUT2D eigenvalue weighted by Gasteiger charge is -2.19. The van der Waals surface area contributed by atoms with Gasteiger partial charge in [-0.15, -0.1) is 0 Å². The standard InChI is InChI=1S/C43H76NO9P/c1-3-5-7-8-9-10-11-12-13-14-15-16-17-21-24-28-36-50-38-42(39-52-54(48,49)51-37-35-44)53-43(47)34-29-33-41(46)32-27-23-20-18-19-22-26-31-40(45)30-25-6-4-2/h12-13,19-20,22-23,26-28,31-32,36,40-42,45-46H,3-11,14-18,21,24-25,29-30,33-35,37-39,44H2,1-2H3,(H,48,49)/b13-12-,22-19-,23-20-,31-26+,32-27+,36-28+/t40-,41-,42-/m1/s1. The zero-order valence-electron chi connectivity index (χ0n) is 33.7. The van der Waals surface area contributed by atoms with Gasteiger partial charge in [-0.3, -0.25) is 13.8 Å². The number of hydrogen-bond donors (Lipinski definition) is 4. The van der Waals surface area contributed by atoms with E-state index in [1.807, 2.05) is 36.5 Å². The number of aliphatic hydroxyl groups excluding tert-OH is 2. The molecule has 0 rings (SSSR count). The lowest BCUT2D eigenvalue weighted by atomic mass is 10.1. The minimum Gasteiger partial charge on any atom is -0.498 e. The van der Waals surface area contributed by atoms with Crippen molar-refractivity contribution in [3.63, 3.8) is 0 Å². The number of rotatable bonds is 38. The molecule has 0 saturated heterocycles. The molecule has 0 aromatic heterocycles. The predicted octanol–water partition coefficient (Wildman–Crippen LogP) is 10.3. The second-order valence-electron chi connectivity index (χ2n) is 13.6. The summed E-state index contributed by atoms with van der Waals surface area (Å²) < 4.78 is 32.9. The number of allylic oxidation sites excluding steroid dienone is 9. The van der Waals surface area contributed by atoms with Crippen molar-refractivity contribution in [2.45, 2.75) is 167 Å². The molecule has 1 unspecified atom stereocenters. The van der Waals surface area contributed by atoms with Crippen LogP contribution >= 0.6 is 7.82 Å². The Balaban J connectivity index is 4.40. The minimum atomic E-state index is -4.36. The van der Waals surface area contributed by atoms with E-state index in [0.717, 1.165) is 57.8 Å². The summed E-state index contributed by atoms with van der Waals surface area (Å²) in [4.78, 5) is 22.4. The van der Waals surface area contributed by atoms with E-state index in [0.29, 0.717) is 12.8 Å². The number of esters is 1. The molecular weight excluding hydrogens is 705 g/mol. The summed E-state index contributed by atoms with van der Waals surface area (Å²) in [7, 11) is -4.36. The highest BCUT2D eigenvalue weighted by Crippen LogP contribution is 2.43. The van der Waals surface area contributed by atoms with Crippen molar-refractivity contribution in [3.8, 4) is 0 Å². The molecule has 0 aliphatic heterocycles. The molecule has 0 bridgehead atoms. The van der Waals surface area contributed by atoms with Crippen LogP contribution in [0.3, 0.4) is 0 Å². The molecule has 0 spiro atoms. The van der Waals surface area contributed by atoms with Gasteiger partial charge in [-0.2, -0.15) is 0 Å². The fraction of sp³-hybridized carbons (Fsp3) is 0.698.